The zero-order chi connectivity index (χ0) is 23.4. The van der Waals surface area contributed by atoms with E-state index < -0.39 is 17.8 Å². The van der Waals surface area contributed by atoms with E-state index >= 15 is 0 Å². The number of amides is 2. The van der Waals surface area contributed by atoms with Crippen LogP contribution < -0.4 is 21.1 Å². The molecule has 1 atom stereocenters. The molecule has 0 aliphatic carbocycles. The maximum absolute atomic E-state index is 13.8. The van der Waals surface area contributed by atoms with Crippen molar-refractivity contribution in [3.8, 4) is 5.75 Å². The molecule has 8 nitrogen and oxygen atoms in total. The average Bonchev–Trinajstić information content (AvgIpc) is 2.78. The number of carbonyl (C=O) groups is 2. The van der Waals surface area contributed by atoms with Crippen molar-refractivity contribution in [2.24, 2.45) is 0 Å². The molecule has 11 heteroatoms. The van der Waals surface area contributed by atoms with Crippen molar-refractivity contribution in [3.63, 3.8) is 0 Å². The molecule has 0 aliphatic heterocycles. The van der Waals surface area contributed by atoms with Crippen LogP contribution in [0.5, 0.6) is 5.75 Å². The number of rotatable bonds is 6. The third kappa shape index (κ3) is 5.06. The molecule has 0 aliphatic rings. The second-order valence-electron chi connectivity index (χ2n) is 6.61. The molecule has 2 aromatic carbocycles. The van der Waals surface area contributed by atoms with Crippen molar-refractivity contribution < 1.29 is 18.7 Å². The van der Waals surface area contributed by atoms with Crippen LogP contribution in [0.15, 0.2) is 42.5 Å². The molecule has 3 rings (SSSR count). The number of nitrogens with two attached hydrogens (primary N) is 1. The molecule has 4 N–H and O–H groups in total. The number of ether oxygens (including phenoxy) is 1. The Morgan fingerprint density at radius 1 is 1.09 bits per heavy atom. The summed E-state index contributed by atoms with van der Waals surface area (Å²) in [5, 5.41) is 12.7. The highest BCUT2D eigenvalue weighted by atomic mass is 35.5. The smallest absolute Gasteiger partial charge is 0.276 e. The predicted molar refractivity (Wildman–Crippen MR) is 120 cm³/mol. The van der Waals surface area contributed by atoms with Crippen LogP contribution in [-0.4, -0.2) is 29.1 Å². The third-order valence-electron chi connectivity index (χ3n) is 4.44. The number of hydrogen-bond acceptors (Lipinski definition) is 6. The van der Waals surface area contributed by atoms with Crippen molar-refractivity contribution in [1.82, 2.24) is 15.5 Å². The summed E-state index contributed by atoms with van der Waals surface area (Å²) in [5.74, 6) is -1.51. The van der Waals surface area contributed by atoms with E-state index in [1.807, 2.05) is 0 Å². The number of benzene rings is 2. The summed E-state index contributed by atoms with van der Waals surface area (Å²) in [4.78, 5) is 24.2. The molecule has 0 fully saturated rings. The minimum absolute atomic E-state index is 0.0454. The van der Waals surface area contributed by atoms with Gasteiger partial charge in [0.05, 0.1) is 5.02 Å². The standard InChI is InChI=1S/C21H18Cl2FN5O3/c1-10(17-13(22)7-8-14(24)18(17)23)32-16-9-15(28-29-19(16)25)21(31)27-12-5-3-11(4-6-12)20(30)26-2/h3-10H,1-2H3,(H2,25,29)(H,26,30)(H,27,31). The largest absolute Gasteiger partial charge is 0.482 e. The molecule has 166 valence electrons. The van der Waals surface area contributed by atoms with Crippen LogP contribution in [0.3, 0.4) is 0 Å². The molecule has 0 saturated heterocycles. The Bertz CT molecular complexity index is 1170. The minimum Gasteiger partial charge on any atom is -0.482 e. The second-order valence-corrected chi connectivity index (χ2v) is 7.39. The highest BCUT2D eigenvalue weighted by Crippen LogP contribution is 2.35. The maximum atomic E-state index is 13.8. The van der Waals surface area contributed by atoms with Crippen molar-refractivity contribution in [2.75, 3.05) is 18.1 Å². The molecule has 1 heterocycles. The zero-order valence-corrected chi connectivity index (χ0v) is 18.5. The van der Waals surface area contributed by atoms with E-state index in [9.17, 15) is 14.0 Å². The van der Waals surface area contributed by atoms with Gasteiger partial charge in [-0.15, -0.1) is 10.2 Å². The number of nitrogens with one attached hydrogen (secondary N) is 2. The number of carbonyl (C=O) groups excluding carboxylic acids is 2. The van der Waals surface area contributed by atoms with Crippen LogP contribution in [0.25, 0.3) is 0 Å². The Labute approximate surface area is 192 Å². The molecule has 1 unspecified atom stereocenters. The van der Waals surface area contributed by atoms with Crippen LogP contribution in [0.4, 0.5) is 15.9 Å². The lowest BCUT2D eigenvalue weighted by Crippen LogP contribution is -2.18. The van der Waals surface area contributed by atoms with Gasteiger partial charge in [-0.1, -0.05) is 23.2 Å². The number of anilines is 2. The summed E-state index contributed by atoms with van der Waals surface area (Å²) < 4.78 is 19.6. The van der Waals surface area contributed by atoms with E-state index in [0.29, 0.717) is 11.3 Å². The summed E-state index contributed by atoms with van der Waals surface area (Å²) >= 11 is 12.2. The normalized spacial score (nSPS) is 11.5. The first-order chi connectivity index (χ1) is 15.2. The Kier molecular flexibility index (Phi) is 7.12. The van der Waals surface area contributed by atoms with E-state index in [1.165, 1.54) is 19.2 Å². The first-order valence-corrected chi connectivity index (χ1v) is 10.0. The fraction of sp³-hybridized carbons (Fsp3) is 0.143. The van der Waals surface area contributed by atoms with E-state index in [1.54, 1.807) is 31.2 Å². The van der Waals surface area contributed by atoms with Gasteiger partial charge >= 0.3 is 0 Å². The fourth-order valence-electron chi connectivity index (χ4n) is 2.80. The van der Waals surface area contributed by atoms with Crippen LogP contribution in [0.2, 0.25) is 10.0 Å². The molecule has 0 radical (unpaired) electrons. The lowest BCUT2D eigenvalue weighted by atomic mass is 10.1. The van der Waals surface area contributed by atoms with E-state index in [0.717, 1.165) is 6.07 Å². The topological polar surface area (TPSA) is 119 Å². The van der Waals surface area contributed by atoms with Crippen LogP contribution in [0.1, 0.15) is 39.4 Å². The van der Waals surface area contributed by atoms with Gasteiger partial charge in [-0.25, -0.2) is 4.39 Å². The maximum Gasteiger partial charge on any atom is 0.276 e. The van der Waals surface area contributed by atoms with Gasteiger partial charge in [-0.2, -0.15) is 0 Å². The van der Waals surface area contributed by atoms with E-state index in [4.69, 9.17) is 33.7 Å². The molecular formula is C21H18Cl2FN5O3. The van der Waals surface area contributed by atoms with Crippen molar-refractivity contribution in [3.05, 3.63) is 75.1 Å². The molecule has 1 aromatic heterocycles. The molecular weight excluding hydrogens is 460 g/mol. The molecule has 32 heavy (non-hydrogen) atoms. The number of nitrogen functional groups attached to an aromatic ring is 1. The summed E-state index contributed by atoms with van der Waals surface area (Å²) in [6, 6.07) is 10.1. The molecule has 0 spiro atoms. The van der Waals surface area contributed by atoms with Gasteiger partial charge in [0.2, 0.25) is 0 Å². The lowest BCUT2D eigenvalue weighted by Gasteiger charge is -2.19. The fourth-order valence-corrected chi connectivity index (χ4v) is 3.48. The first-order valence-electron chi connectivity index (χ1n) is 9.28. The number of nitrogens with zero attached hydrogens (tertiary/aromatic N) is 2. The number of aromatic nitrogens is 2. The summed E-state index contributed by atoms with van der Waals surface area (Å²) in [7, 11) is 1.52. The summed E-state index contributed by atoms with van der Waals surface area (Å²) in [6.07, 6.45) is -0.801. The number of hydrogen-bond donors (Lipinski definition) is 3. The molecule has 0 saturated carbocycles. The average molecular weight is 478 g/mol. The SMILES string of the molecule is CNC(=O)c1ccc(NC(=O)c2cc(OC(C)c3c(Cl)ccc(F)c3Cl)c(N)nn2)cc1. The lowest BCUT2D eigenvalue weighted by molar-refractivity contribution is 0.0962. The predicted octanol–water partition coefficient (Wildman–Crippen LogP) is 4.26. The third-order valence-corrected chi connectivity index (χ3v) is 5.15. The van der Waals surface area contributed by atoms with E-state index in [2.05, 4.69) is 20.8 Å². The highest BCUT2D eigenvalue weighted by Gasteiger charge is 2.21. The minimum atomic E-state index is -0.801. The Morgan fingerprint density at radius 3 is 2.44 bits per heavy atom. The monoisotopic (exact) mass is 477 g/mol. The Hall–Kier alpha value is -3.43. The van der Waals surface area contributed by atoms with Crippen LogP contribution in [-0.2, 0) is 0 Å². The van der Waals surface area contributed by atoms with Gasteiger partial charge in [-0.05, 0) is 43.3 Å². The molecule has 0 bridgehead atoms. The van der Waals surface area contributed by atoms with Crippen molar-refractivity contribution in [1.29, 1.82) is 0 Å². The van der Waals surface area contributed by atoms with Crippen molar-refractivity contribution in [2.45, 2.75) is 13.0 Å². The van der Waals surface area contributed by atoms with E-state index in [-0.39, 0.29) is 38.8 Å². The van der Waals surface area contributed by atoms with Gasteiger partial charge in [0.1, 0.15) is 11.9 Å². The first kappa shape index (κ1) is 23.2. The molecule has 2 amide bonds. The van der Waals surface area contributed by atoms with Crippen LogP contribution in [0, 0.1) is 5.82 Å². The number of halogens is 3. The van der Waals surface area contributed by atoms with Gasteiger partial charge in [0.25, 0.3) is 11.8 Å². The highest BCUT2D eigenvalue weighted by molar-refractivity contribution is 6.36. The summed E-state index contributed by atoms with van der Waals surface area (Å²) in [5.41, 5.74) is 6.86. The van der Waals surface area contributed by atoms with Crippen molar-refractivity contribution >= 4 is 46.5 Å². The second kappa shape index (κ2) is 9.80. The van der Waals surface area contributed by atoms with Crippen LogP contribution >= 0.6 is 23.2 Å². The van der Waals surface area contributed by atoms with Gasteiger partial charge in [-0.3, -0.25) is 9.59 Å². The van der Waals surface area contributed by atoms with Gasteiger partial charge < -0.3 is 21.1 Å². The zero-order valence-electron chi connectivity index (χ0n) is 16.9. The Morgan fingerprint density at radius 2 is 1.78 bits per heavy atom. The quantitative estimate of drug-likeness (QED) is 0.456. The van der Waals surface area contributed by atoms with Gasteiger partial charge in [0, 0.05) is 35.0 Å². The Balaban J connectivity index is 1.79. The van der Waals surface area contributed by atoms with Gasteiger partial charge in [0.15, 0.2) is 17.3 Å². The molecule has 3 aromatic rings. The summed E-state index contributed by atoms with van der Waals surface area (Å²) in [6.45, 7) is 1.60.